The second kappa shape index (κ2) is 4.87. The summed E-state index contributed by atoms with van der Waals surface area (Å²) < 4.78 is 4.95. The lowest BCUT2D eigenvalue weighted by Crippen LogP contribution is -2.65. The minimum absolute atomic E-state index is 0.0387. The van der Waals surface area contributed by atoms with E-state index in [4.69, 9.17) is 4.74 Å². The largest absolute Gasteiger partial charge is 0.450 e. The highest BCUT2D eigenvalue weighted by atomic mass is 16.6. The third kappa shape index (κ3) is 1.82. The average Bonchev–Trinajstić information content (AvgIpc) is 2.68. The summed E-state index contributed by atoms with van der Waals surface area (Å²) in [7, 11) is 0. The summed E-state index contributed by atoms with van der Waals surface area (Å²) in [6.45, 7) is 2.70. The molecule has 0 unspecified atom stereocenters. The first-order chi connectivity index (χ1) is 10.1. The maximum Gasteiger partial charge on any atom is 0.409 e. The number of hydrogen-bond donors (Lipinski definition) is 0. The van der Waals surface area contributed by atoms with Crippen molar-refractivity contribution in [3.05, 3.63) is 29.8 Å². The van der Waals surface area contributed by atoms with E-state index in [1.165, 1.54) is 9.80 Å². The van der Waals surface area contributed by atoms with Crippen molar-refractivity contribution in [3.63, 3.8) is 0 Å². The molecule has 1 spiro atoms. The number of rotatable bonds is 3. The van der Waals surface area contributed by atoms with Crippen LogP contribution in [0.25, 0.3) is 0 Å². The van der Waals surface area contributed by atoms with Gasteiger partial charge in [0.05, 0.1) is 13.2 Å². The molecular weight excluding hydrogens is 272 g/mol. The van der Waals surface area contributed by atoms with Crippen molar-refractivity contribution in [2.75, 3.05) is 31.1 Å². The summed E-state index contributed by atoms with van der Waals surface area (Å²) in [5.74, 6) is -0.114. The zero-order chi connectivity index (χ0) is 15.0. The van der Waals surface area contributed by atoms with Gasteiger partial charge in [0, 0.05) is 18.8 Å². The summed E-state index contributed by atoms with van der Waals surface area (Å²) in [5.41, 5.74) is 0.933. The Hall–Kier alpha value is -2.37. The molecule has 0 bridgehead atoms. The molecule has 1 aromatic carbocycles. The van der Waals surface area contributed by atoms with E-state index in [1.807, 2.05) is 24.3 Å². The van der Waals surface area contributed by atoms with Crippen molar-refractivity contribution in [2.24, 2.45) is 0 Å². The zero-order valence-corrected chi connectivity index (χ0v) is 11.7. The number of benzene rings is 1. The molecule has 21 heavy (non-hydrogen) atoms. The van der Waals surface area contributed by atoms with Gasteiger partial charge in [0.25, 0.3) is 0 Å². The molecular formula is C15H16N2O4. The van der Waals surface area contributed by atoms with Gasteiger partial charge in [-0.3, -0.25) is 4.79 Å². The molecule has 6 heteroatoms. The third-order valence-corrected chi connectivity index (χ3v) is 4.07. The molecule has 2 heterocycles. The normalized spacial score (nSPS) is 18.4. The minimum atomic E-state index is -0.716. The fourth-order valence-corrected chi connectivity index (χ4v) is 3.11. The van der Waals surface area contributed by atoms with Crippen molar-refractivity contribution >= 4 is 24.0 Å². The number of amides is 2. The highest BCUT2D eigenvalue weighted by molar-refractivity contribution is 6.11. The Morgan fingerprint density at radius 3 is 2.76 bits per heavy atom. The van der Waals surface area contributed by atoms with Crippen molar-refractivity contribution in [1.29, 1.82) is 0 Å². The van der Waals surface area contributed by atoms with Crippen molar-refractivity contribution in [2.45, 2.75) is 12.3 Å². The van der Waals surface area contributed by atoms with Gasteiger partial charge in [0.1, 0.15) is 11.7 Å². The Balaban J connectivity index is 1.89. The number of fused-ring (bicyclic) bond motifs is 2. The van der Waals surface area contributed by atoms with E-state index in [-0.39, 0.29) is 12.5 Å². The van der Waals surface area contributed by atoms with Gasteiger partial charge >= 0.3 is 6.09 Å². The molecule has 0 saturated carbocycles. The molecule has 2 aliphatic rings. The first-order valence-corrected chi connectivity index (χ1v) is 6.91. The smallest absolute Gasteiger partial charge is 0.409 e. The molecule has 0 radical (unpaired) electrons. The molecule has 2 amide bonds. The van der Waals surface area contributed by atoms with Crippen LogP contribution in [0.3, 0.4) is 0 Å². The molecule has 0 aliphatic carbocycles. The summed E-state index contributed by atoms with van der Waals surface area (Å²) in [4.78, 5) is 38.2. The van der Waals surface area contributed by atoms with Gasteiger partial charge in [-0.05, 0) is 18.6 Å². The summed E-state index contributed by atoms with van der Waals surface area (Å²) in [6.07, 6.45) is 0.317. The van der Waals surface area contributed by atoms with E-state index >= 15 is 0 Å². The van der Waals surface area contributed by atoms with Crippen molar-refractivity contribution in [1.82, 2.24) is 4.90 Å². The minimum Gasteiger partial charge on any atom is -0.450 e. The number of aldehydes is 1. The van der Waals surface area contributed by atoms with Crippen LogP contribution in [0.2, 0.25) is 0 Å². The number of nitrogens with zero attached hydrogens (tertiary/aromatic N) is 2. The van der Waals surface area contributed by atoms with E-state index in [1.54, 1.807) is 6.92 Å². The Bertz CT molecular complexity index is 607. The van der Waals surface area contributed by atoms with Crippen LogP contribution < -0.4 is 4.90 Å². The maximum atomic E-state index is 12.7. The van der Waals surface area contributed by atoms with Gasteiger partial charge in [0.15, 0.2) is 0 Å². The number of anilines is 1. The van der Waals surface area contributed by atoms with Gasteiger partial charge in [-0.1, -0.05) is 18.2 Å². The number of carbonyl (C=O) groups is 3. The van der Waals surface area contributed by atoms with Gasteiger partial charge < -0.3 is 19.3 Å². The van der Waals surface area contributed by atoms with E-state index in [0.29, 0.717) is 19.7 Å². The molecule has 0 N–H and O–H groups in total. The van der Waals surface area contributed by atoms with Gasteiger partial charge in [-0.2, -0.15) is 0 Å². The van der Waals surface area contributed by atoms with Gasteiger partial charge in [0.2, 0.25) is 5.91 Å². The van der Waals surface area contributed by atoms with E-state index in [0.717, 1.165) is 17.5 Å². The molecule has 6 nitrogen and oxygen atoms in total. The van der Waals surface area contributed by atoms with Gasteiger partial charge in [-0.15, -0.1) is 0 Å². The molecule has 0 atom stereocenters. The quantitative estimate of drug-likeness (QED) is 0.776. The standard InChI is InChI=1S/C15H16N2O4/c1-2-21-14(20)16-9-15(10-16)11-5-3-4-6-12(11)17(7-8-18)13(15)19/h3-6,8H,2,7,9-10H2,1H3. The molecule has 1 aromatic rings. The highest BCUT2D eigenvalue weighted by Crippen LogP contribution is 2.47. The predicted octanol–water partition coefficient (Wildman–Crippen LogP) is 0.942. The van der Waals surface area contributed by atoms with Crippen LogP contribution in [-0.4, -0.2) is 49.4 Å². The lowest BCUT2D eigenvalue weighted by Gasteiger charge is -2.45. The SMILES string of the molecule is CCOC(=O)N1CC2(C1)C(=O)N(CC=O)c1ccccc12. The first-order valence-electron chi connectivity index (χ1n) is 6.91. The Morgan fingerprint density at radius 2 is 2.10 bits per heavy atom. The summed E-state index contributed by atoms with van der Waals surface area (Å²) in [5, 5.41) is 0. The topological polar surface area (TPSA) is 66.9 Å². The van der Waals surface area contributed by atoms with Crippen molar-refractivity contribution in [3.8, 4) is 0 Å². The molecule has 110 valence electrons. The third-order valence-electron chi connectivity index (χ3n) is 4.07. The summed E-state index contributed by atoms with van der Waals surface area (Å²) in [6, 6.07) is 7.43. The number of likely N-dealkylation sites (tertiary alicyclic amines) is 1. The highest BCUT2D eigenvalue weighted by Gasteiger charge is 2.59. The zero-order valence-electron chi connectivity index (χ0n) is 11.7. The van der Waals surface area contributed by atoms with Crippen LogP contribution >= 0.6 is 0 Å². The summed E-state index contributed by atoms with van der Waals surface area (Å²) >= 11 is 0. The lowest BCUT2D eigenvalue weighted by molar-refractivity contribution is -0.129. The average molecular weight is 288 g/mol. The van der Waals surface area contributed by atoms with Gasteiger partial charge in [-0.25, -0.2) is 4.79 Å². The second-order valence-corrected chi connectivity index (χ2v) is 5.24. The van der Waals surface area contributed by atoms with Crippen LogP contribution in [-0.2, 0) is 19.7 Å². The van der Waals surface area contributed by atoms with Crippen LogP contribution in [0, 0.1) is 0 Å². The van der Waals surface area contributed by atoms with Crippen LogP contribution in [0.5, 0.6) is 0 Å². The Labute approximate surface area is 122 Å². The Kier molecular flexibility index (Phi) is 3.16. The van der Waals surface area contributed by atoms with Crippen LogP contribution in [0.1, 0.15) is 12.5 Å². The fourth-order valence-electron chi connectivity index (χ4n) is 3.11. The monoisotopic (exact) mass is 288 g/mol. The maximum absolute atomic E-state index is 12.7. The van der Waals surface area contributed by atoms with E-state index in [9.17, 15) is 14.4 Å². The van der Waals surface area contributed by atoms with E-state index < -0.39 is 11.5 Å². The van der Waals surface area contributed by atoms with Crippen LogP contribution in [0.4, 0.5) is 10.5 Å². The van der Waals surface area contributed by atoms with E-state index in [2.05, 4.69) is 0 Å². The Morgan fingerprint density at radius 1 is 1.38 bits per heavy atom. The molecule has 1 fully saturated rings. The predicted molar refractivity (Wildman–Crippen MR) is 75.1 cm³/mol. The molecule has 1 saturated heterocycles. The number of hydrogen-bond acceptors (Lipinski definition) is 4. The molecule has 2 aliphatic heterocycles. The van der Waals surface area contributed by atoms with Crippen molar-refractivity contribution < 1.29 is 19.1 Å². The fraction of sp³-hybridized carbons (Fsp3) is 0.400. The first kappa shape index (κ1) is 13.6. The number of ether oxygens (including phenoxy) is 1. The number of para-hydroxylation sites is 1. The van der Waals surface area contributed by atoms with Crippen LogP contribution in [0.15, 0.2) is 24.3 Å². The molecule has 3 rings (SSSR count). The molecule has 0 aromatic heterocycles. The second-order valence-electron chi connectivity index (χ2n) is 5.24. The number of carbonyl (C=O) groups excluding carboxylic acids is 3. The lowest BCUT2D eigenvalue weighted by atomic mass is 9.75.